The lowest BCUT2D eigenvalue weighted by atomic mass is 9.69. The molecule has 0 heterocycles. The summed E-state index contributed by atoms with van der Waals surface area (Å²) in [6.07, 6.45) is 23.8. The Hall–Kier alpha value is -1.31. The van der Waals surface area contributed by atoms with Gasteiger partial charge in [0.1, 0.15) is 0 Å². The van der Waals surface area contributed by atoms with Gasteiger partial charge in [-0.3, -0.25) is 0 Å². The summed E-state index contributed by atoms with van der Waals surface area (Å²) >= 11 is 0. The number of benzene rings is 1. The predicted molar refractivity (Wildman–Crippen MR) is 135 cm³/mol. The number of rotatable bonds is 13. The van der Waals surface area contributed by atoms with Gasteiger partial charge in [-0.25, -0.2) is 4.39 Å². The molecular weight excluding hydrogens is 395 g/mol. The quantitative estimate of drug-likeness (QED) is 0.218. The van der Waals surface area contributed by atoms with E-state index < -0.39 is 0 Å². The average molecular weight is 443 g/mol. The van der Waals surface area contributed by atoms with E-state index in [0.717, 1.165) is 31.1 Å². The molecule has 2 unspecified atom stereocenters. The zero-order chi connectivity index (χ0) is 22.6. The van der Waals surface area contributed by atoms with Crippen LogP contribution in [0, 0.1) is 23.6 Å². The summed E-state index contributed by atoms with van der Waals surface area (Å²) in [5.74, 6) is 3.14. The molecule has 32 heavy (non-hydrogen) atoms. The highest BCUT2D eigenvalue weighted by Crippen LogP contribution is 2.44. The van der Waals surface area contributed by atoms with Gasteiger partial charge in [-0.1, -0.05) is 83.4 Å². The van der Waals surface area contributed by atoms with Gasteiger partial charge in [-0.05, 0) is 86.3 Å². The molecule has 1 aromatic rings. The van der Waals surface area contributed by atoms with Crippen molar-refractivity contribution in [3.63, 3.8) is 0 Å². The van der Waals surface area contributed by atoms with Crippen LogP contribution in [0.15, 0.2) is 30.4 Å². The molecule has 3 rings (SSSR count). The molecule has 0 aromatic heterocycles. The van der Waals surface area contributed by atoms with Crippen LogP contribution in [-0.4, -0.2) is 6.61 Å². The fourth-order valence-electron chi connectivity index (χ4n) is 5.99. The molecule has 2 aliphatic carbocycles. The molecule has 2 aliphatic rings. The van der Waals surface area contributed by atoms with E-state index in [4.69, 9.17) is 4.74 Å². The summed E-state index contributed by atoms with van der Waals surface area (Å²) in [5.41, 5.74) is 1.22. The van der Waals surface area contributed by atoms with E-state index in [1.165, 1.54) is 82.6 Å². The Kier molecular flexibility index (Phi) is 11.1. The van der Waals surface area contributed by atoms with Crippen molar-refractivity contribution in [3.05, 3.63) is 41.7 Å². The Morgan fingerprint density at radius 2 is 1.69 bits per heavy atom. The summed E-state index contributed by atoms with van der Waals surface area (Å²) in [6.45, 7) is 5.09. The molecule has 0 amide bonds. The van der Waals surface area contributed by atoms with E-state index in [1.807, 2.05) is 12.1 Å². The minimum absolute atomic E-state index is 0.166. The number of halogens is 1. The second-order valence-electron chi connectivity index (χ2n) is 10.5. The summed E-state index contributed by atoms with van der Waals surface area (Å²) in [4.78, 5) is 0. The molecule has 1 fully saturated rings. The first kappa shape index (κ1) is 25.3. The maximum Gasteiger partial charge on any atom is 0.165 e. The molecule has 1 saturated carbocycles. The van der Waals surface area contributed by atoms with Crippen LogP contribution >= 0.6 is 0 Å². The van der Waals surface area contributed by atoms with Crippen LogP contribution in [0.5, 0.6) is 5.75 Å². The molecule has 0 saturated heterocycles. The normalized spacial score (nSPS) is 24.4. The van der Waals surface area contributed by atoms with E-state index in [2.05, 4.69) is 32.1 Å². The molecule has 180 valence electrons. The van der Waals surface area contributed by atoms with Crippen molar-refractivity contribution in [2.45, 2.75) is 116 Å². The van der Waals surface area contributed by atoms with E-state index >= 15 is 0 Å². The first-order valence-electron chi connectivity index (χ1n) is 13.8. The lowest BCUT2D eigenvalue weighted by Crippen LogP contribution is -2.23. The number of hydrogen-bond donors (Lipinski definition) is 0. The molecule has 2 atom stereocenters. The predicted octanol–water partition coefficient (Wildman–Crippen LogP) is 9.61. The van der Waals surface area contributed by atoms with Crippen LogP contribution in [0.25, 0.3) is 0 Å². The maximum atomic E-state index is 15.0. The van der Waals surface area contributed by atoms with Crippen molar-refractivity contribution >= 4 is 0 Å². The highest BCUT2D eigenvalue weighted by atomic mass is 19.1. The van der Waals surface area contributed by atoms with Crippen molar-refractivity contribution in [3.8, 4) is 5.75 Å². The van der Waals surface area contributed by atoms with Crippen LogP contribution in [0.4, 0.5) is 4.39 Å². The maximum absolute atomic E-state index is 15.0. The van der Waals surface area contributed by atoms with Crippen molar-refractivity contribution in [1.29, 1.82) is 0 Å². The number of allylic oxidation sites excluding steroid dienone is 2. The first-order valence-corrected chi connectivity index (χ1v) is 13.8. The van der Waals surface area contributed by atoms with Gasteiger partial charge >= 0.3 is 0 Å². The fourth-order valence-corrected chi connectivity index (χ4v) is 5.99. The van der Waals surface area contributed by atoms with E-state index in [0.29, 0.717) is 24.2 Å². The first-order chi connectivity index (χ1) is 15.7. The summed E-state index contributed by atoms with van der Waals surface area (Å²) in [5, 5.41) is 0. The largest absolute Gasteiger partial charge is 0.491 e. The fraction of sp³-hybridized carbons (Fsp3) is 0.733. The minimum Gasteiger partial charge on any atom is -0.491 e. The van der Waals surface area contributed by atoms with Crippen LogP contribution in [0.2, 0.25) is 0 Å². The van der Waals surface area contributed by atoms with Gasteiger partial charge in [0.15, 0.2) is 11.6 Å². The van der Waals surface area contributed by atoms with Gasteiger partial charge in [0.2, 0.25) is 0 Å². The van der Waals surface area contributed by atoms with Crippen LogP contribution in [-0.2, 0) is 0 Å². The second-order valence-corrected chi connectivity index (χ2v) is 10.5. The van der Waals surface area contributed by atoms with Crippen molar-refractivity contribution in [1.82, 2.24) is 0 Å². The summed E-state index contributed by atoms with van der Waals surface area (Å²) < 4.78 is 20.7. The van der Waals surface area contributed by atoms with E-state index in [1.54, 1.807) is 0 Å². The number of hydrogen-bond acceptors (Lipinski definition) is 1. The number of ether oxygens (including phenoxy) is 1. The van der Waals surface area contributed by atoms with Gasteiger partial charge < -0.3 is 4.74 Å². The Balaban J connectivity index is 1.65. The van der Waals surface area contributed by atoms with Gasteiger partial charge in [0.05, 0.1) is 6.61 Å². The van der Waals surface area contributed by atoms with E-state index in [9.17, 15) is 4.39 Å². The van der Waals surface area contributed by atoms with Gasteiger partial charge in [-0.2, -0.15) is 0 Å². The van der Waals surface area contributed by atoms with Crippen LogP contribution in [0.1, 0.15) is 122 Å². The molecule has 0 aliphatic heterocycles. The SMILES string of the molecule is CCCCCOc1ccc(C(CC2CC=CCC2)C2CCC(CCCCC)CC2)cc1F. The zero-order valence-corrected chi connectivity index (χ0v) is 20.8. The standard InChI is InChI=1S/C30H47FO/c1-3-5-8-12-24-15-17-26(18-16-24)28(22-25-13-9-7-10-14-25)27-19-20-30(29(31)23-27)32-21-11-6-4-2/h7,9,19-20,23-26,28H,3-6,8,10-18,21-22H2,1-2H3. The third-order valence-corrected chi connectivity index (χ3v) is 8.03. The molecule has 2 heteroatoms. The molecule has 0 bridgehead atoms. The summed E-state index contributed by atoms with van der Waals surface area (Å²) in [6, 6.07) is 5.89. The van der Waals surface area contributed by atoms with Crippen molar-refractivity contribution in [2.24, 2.45) is 17.8 Å². The van der Waals surface area contributed by atoms with Crippen LogP contribution in [0.3, 0.4) is 0 Å². The van der Waals surface area contributed by atoms with Crippen molar-refractivity contribution in [2.75, 3.05) is 6.61 Å². The monoisotopic (exact) mass is 442 g/mol. The molecule has 1 aromatic carbocycles. The van der Waals surface area contributed by atoms with Crippen LogP contribution < -0.4 is 4.74 Å². The molecular formula is C30H47FO. The Labute approximate surface area is 197 Å². The average Bonchev–Trinajstić information content (AvgIpc) is 2.82. The lowest BCUT2D eigenvalue weighted by molar-refractivity contribution is 0.209. The molecule has 1 nitrogen and oxygen atoms in total. The Morgan fingerprint density at radius 3 is 2.38 bits per heavy atom. The lowest BCUT2D eigenvalue weighted by Gasteiger charge is -2.36. The Bertz CT molecular complexity index is 673. The van der Waals surface area contributed by atoms with Gasteiger partial charge in [0, 0.05) is 0 Å². The Morgan fingerprint density at radius 1 is 0.906 bits per heavy atom. The van der Waals surface area contributed by atoms with Gasteiger partial charge in [0.25, 0.3) is 0 Å². The number of unbranched alkanes of at least 4 members (excludes halogenated alkanes) is 4. The van der Waals surface area contributed by atoms with Gasteiger partial charge in [-0.15, -0.1) is 0 Å². The van der Waals surface area contributed by atoms with Crippen molar-refractivity contribution < 1.29 is 9.13 Å². The third kappa shape index (κ3) is 7.92. The topological polar surface area (TPSA) is 9.23 Å². The molecule has 0 radical (unpaired) electrons. The highest BCUT2D eigenvalue weighted by Gasteiger charge is 2.31. The third-order valence-electron chi connectivity index (χ3n) is 8.03. The summed E-state index contributed by atoms with van der Waals surface area (Å²) in [7, 11) is 0. The zero-order valence-electron chi connectivity index (χ0n) is 20.8. The second kappa shape index (κ2) is 14.1. The molecule has 0 N–H and O–H groups in total. The van der Waals surface area contributed by atoms with E-state index in [-0.39, 0.29) is 5.82 Å². The molecule has 0 spiro atoms. The smallest absolute Gasteiger partial charge is 0.165 e. The minimum atomic E-state index is -0.166. The highest BCUT2D eigenvalue weighted by molar-refractivity contribution is 5.32.